The number of hydrogen-bond acceptors (Lipinski definition) is 6. The van der Waals surface area contributed by atoms with Gasteiger partial charge in [0.1, 0.15) is 12.2 Å². The van der Waals surface area contributed by atoms with Crippen LogP contribution in [0.1, 0.15) is 32.6 Å². The van der Waals surface area contributed by atoms with Gasteiger partial charge >= 0.3 is 5.97 Å². The Morgan fingerprint density at radius 1 is 1.22 bits per heavy atom. The molecular weight excluding hydrogens is 240 g/mol. The molecule has 104 valence electrons. The lowest BCUT2D eigenvalue weighted by Crippen LogP contribution is -2.33. The molecule has 0 aromatic carbocycles. The fourth-order valence-corrected chi connectivity index (χ4v) is 2.26. The second kappa shape index (κ2) is 5.97. The van der Waals surface area contributed by atoms with Crippen LogP contribution in [0.15, 0.2) is 0 Å². The molecule has 2 rings (SSSR count). The maximum Gasteiger partial charge on any atom is 0.338 e. The van der Waals surface area contributed by atoms with E-state index in [4.69, 9.17) is 14.2 Å². The normalized spacial score (nSPS) is 38.8. The van der Waals surface area contributed by atoms with Gasteiger partial charge in [0.05, 0.1) is 0 Å². The predicted molar refractivity (Wildman–Crippen MR) is 60.6 cm³/mol. The Morgan fingerprint density at radius 2 is 2.00 bits per heavy atom. The number of rotatable bonds is 6. The molecule has 0 unspecified atom stereocenters. The molecule has 0 aliphatic carbocycles. The van der Waals surface area contributed by atoms with Gasteiger partial charge in [0, 0.05) is 6.61 Å². The van der Waals surface area contributed by atoms with Crippen LogP contribution in [0.3, 0.4) is 0 Å². The fraction of sp³-hybridized carbons (Fsp3) is 0.917. The van der Waals surface area contributed by atoms with Gasteiger partial charge in [-0.2, -0.15) is 0 Å². The Labute approximate surface area is 106 Å². The van der Waals surface area contributed by atoms with Crippen molar-refractivity contribution in [2.75, 3.05) is 6.61 Å². The molecular formula is C12H20O6. The molecule has 2 aliphatic heterocycles. The summed E-state index contributed by atoms with van der Waals surface area (Å²) in [5.41, 5.74) is 0. The number of unbranched alkanes of at least 4 members (excludes halogenated alkanes) is 3. The molecule has 18 heavy (non-hydrogen) atoms. The van der Waals surface area contributed by atoms with E-state index in [-0.39, 0.29) is 0 Å². The molecule has 0 spiro atoms. The molecule has 2 fully saturated rings. The average Bonchev–Trinajstić information content (AvgIpc) is 2.80. The molecule has 2 N–H and O–H groups in total. The minimum atomic E-state index is -1.32. The lowest BCUT2D eigenvalue weighted by atomic mass is 10.1. The molecule has 0 aromatic heterocycles. The largest absolute Gasteiger partial charge is 0.454 e. The highest BCUT2D eigenvalue weighted by Crippen LogP contribution is 2.32. The van der Waals surface area contributed by atoms with Crippen LogP contribution in [0.4, 0.5) is 0 Å². The van der Waals surface area contributed by atoms with Crippen molar-refractivity contribution in [3.05, 3.63) is 0 Å². The zero-order valence-electron chi connectivity index (χ0n) is 10.4. The first-order chi connectivity index (χ1) is 8.65. The number of fused-ring (bicyclic) bond motifs is 1. The Kier molecular flexibility index (Phi) is 4.55. The highest BCUT2D eigenvalue weighted by Gasteiger charge is 2.56. The fourth-order valence-electron chi connectivity index (χ4n) is 2.26. The Hall–Kier alpha value is -0.690. The standard InChI is InChI=1S/C12H20O6/c1-2-3-4-5-6-16-12-8(14)10-9(18-12)7(13)11(15)17-10/h7-10,12-14H,2-6H2,1H3/t7-,8+,9+,10+,12+/m0/s1. The van der Waals surface area contributed by atoms with Crippen LogP contribution in [0.2, 0.25) is 0 Å². The van der Waals surface area contributed by atoms with E-state index in [0.29, 0.717) is 6.61 Å². The van der Waals surface area contributed by atoms with E-state index in [1.807, 2.05) is 0 Å². The van der Waals surface area contributed by atoms with Crippen molar-refractivity contribution < 1.29 is 29.2 Å². The summed E-state index contributed by atoms with van der Waals surface area (Å²) >= 11 is 0. The van der Waals surface area contributed by atoms with Crippen molar-refractivity contribution in [2.24, 2.45) is 0 Å². The zero-order chi connectivity index (χ0) is 13.1. The van der Waals surface area contributed by atoms with Crippen LogP contribution in [-0.4, -0.2) is 53.5 Å². The molecule has 6 nitrogen and oxygen atoms in total. The number of aliphatic hydroxyl groups excluding tert-OH is 2. The molecule has 2 saturated heterocycles. The third-order valence-corrected chi connectivity index (χ3v) is 3.32. The van der Waals surface area contributed by atoms with Crippen LogP contribution in [0, 0.1) is 0 Å². The summed E-state index contributed by atoms with van der Waals surface area (Å²) in [6, 6.07) is 0. The van der Waals surface area contributed by atoms with Crippen molar-refractivity contribution >= 4 is 5.97 Å². The summed E-state index contributed by atoms with van der Waals surface area (Å²) in [6.45, 7) is 2.62. The van der Waals surface area contributed by atoms with E-state index in [0.717, 1.165) is 25.7 Å². The molecule has 0 amide bonds. The molecule has 0 bridgehead atoms. The third kappa shape index (κ3) is 2.66. The van der Waals surface area contributed by atoms with Crippen LogP contribution in [-0.2, 0) is 19.0 Å². The van der Waals surface area contributed by atoms with E-state index < -0.39 is 36.7 Å². The third-order valence-electron chi connectivity index (χ3n) is 3.32. The monoisotopic (exact) mass is 260 g/mol. The van der Waals surface area contributed by atoms with Gasteiger partial charge in [0.25, 0.3) is 0 Å². The Balaban J connectivity index is 1.74. The van der Waals surface area contributed by atoms with Gasteiger partial charge in [-0.05, 0) is 6.42 Å². The second-order valence-corrected chi connectivity index (χ2v) is 4.74. The Morgan fingerprint density at radius 3 is 2.67 bits per heavy atom. The summed E-state index contributed by atoms with van der Waals surface area (Å²) in [7, 11) is 0. The predicted octanol–water partition coefficient (Wildman–Crippen LogP) is -0.0446. The van der Waals surface area contributed by atoms with E-state index in [1.165, 1.54) is 0 Å². The maximum absolute atomic E-state index is 11.1. The smallest absolute Gasteiger partial charge is 0.338 e. The van der Waals surface area contributed by atoms with Crippen molar-refractivity contribution in [2.45, 2.75) is 63.3 Å². The highest BCUT2D eigenvalue weighted by atomic mass is 16.7. The molecule has 2 heterocycles. The van der Waals surface area contributed by atoms with Gasteiger partial charge in [0.2, 0.25) is 0 Å². The van der Waals surface area contributed by atoms with E-state index >= 15 is 0 Å². The van der Waals surface area contributed by atoms with Crippen LogP contribution in [0.25, 0.3) is 0 Å². The SMILES string of the molecule is CCCCCCO[C@@H]1O[C@H]2[C@H](OC(=O)[C@H]2O)[C@H]1O. The quantitative estimate of drug-likeness (QED) is 0.514. The number of aliphatic hydroxyl groups is 2. The zero-order valence-corrected chi connectivity index (χ0v) is 10.4. The van der Waals surface area contributed by atoms with Crippen molar-refractivity contribution in [3.63, 3.8) is 0 Å². The van der Waals surface area contributed by atoms with E-state index in [9.17, 15) is 15.0 Å². The van der Waals surface area contributed by atoms with Crippen molar-refractivity contribution in [3.8, 4) is 0 Å². The van der Waals surface area contributed by atoms with Gasteiger partial charge in [-0.25, -0.2) is 4.79 Å². The molecule has 0 aromatic rings. The summed E-state index contributed by atoms with van der Waals surface area (Å²) in [4.78, 5) is 11.1. The molecule has 0 radical (unpaired) electrons. The maximum atomic E-state index is 11.1. The number of carbonyl (C=O) groups is 1. The molecule has 0 saturated carbocycles. The molecule has 6 heteroatoms. The lowest BCUT2D eigenvalue weighted by molar-refractivity contribution is -0.187. The van der Waals surface area contributed by atoms with Crippen molar-refractivity contribution in [1.29, 1.82) is 0 Å². The van der Waals surface area contributed by atoms with Gasteiger partial charge < -0.3 is 24.4 Å². The number of ether oxygens (including phenoxy) is 3. The highest BCUT2D eigenvalue weighted by molar-refractivity contribution is 5.78. The number of carbonyl (C=O) groups excluding carboxylic acids is 1. The van der Waals surface area contributed by atoms with Crippen LogP contribution < -0.4 is 0 Å². The summed E-state index contributed by atoms with van der Waals surface area (Å²) in [5, 5.41) is 19.3. The summed E-state index contributed by atoms with van der Waals surface area (Å²) in [6.07, 6.45) is -0.512. The van der Waals surface area contributed by atoms with Gasteiger partial charge in [-0.3, -0.25) is 0 Å². The average molecular weight is 260 g/mol. The lowest BCUT2D eigenvalue weighted by Gasteiger charge is -2.17. The summed E-state index contributed by atoms with van der Waals surface area (Å²) in [5.74, 6) is -0.745. The van der Waals surface area contributed by atoms with Crippen LogP contribution >= 0.6 is 0 Å². The van der Waals surface area contributed by atoms with Gasteiger partial charge in [-0.1, -0.05) is 26.2 Å². The molecule has 5 atom stereocenters. The van der Waals surface area contributed by atoms with Gasteiger partial charge in [-0.15, -0.1) is 0 Å². The van der Waals surface area contributed by atoms with Crippen molar-refractivity contribution in [1.82, 2.24) is 0 Å². The topological polar surface area (TPSA) is 85.2 Å². The summed E-state index contributed by atoms with van der Waals surface area (Å²) < 4.78 is 15.6. The van der Waals surface area contributed by atoms with Crippen LogP contribution in [0.5, 0.6) is 0 Å². The first-order valence-corrected chi connectivity index (χ1v) is 6.49. The first kappa shape index (κ1) is 13.7. The first-order valence-electron chi connectivity index (χ1n) is 6.49. The minimum Gasteiger partial charge on any atom is -0.454 e. The van der Waals surface area contributed by atoms with E-state index in [2.05, 4.69) is 6.92 Å². The Bertz CT molecular complexity index is 294. The van der Waals surface area contributed by atoms with E-state index in [1.54, 1.807) is 0 Å². The minimum absolute atomic E-state index is 0.491. The number of esters is 1. The second-order valence-electron chi connectivity index (χ2n) is 4.74. The van der Waals surface area contributed by atoms with Gasteiger partial charge in [0.15, 0.2) is 18.5 Å². The number of hydrogen-bond donors (Lipinski definition) is 2. The molecule has 2 aliphatic rings.